The molecule has 0 aliphatic carbocycles. The molecule has 1 fully saturated rings. The molecule has 2 nitrogen and oxygen atoms in total. The molecule has 1 aliphatic rings. The zero-order valence-electron chi connectivity index (χ0n) is 13.2. The quantitative estimate of drug-likeness (QED) is 0.698. The van der Waals surface area contributed by atoms with Crippen LogP contribution in [0.5, 0.6) is 0 Å². The van der Waals surface area contributed by atoms with Crippen LogP contribution in [0, 0.1) is 5.92 Å². The molecule has 1 N–H and O–H groups in total. The van der Waals surface area contributed by atoms with Gasteiger partial charge in [0.1, 0.15) is 0 Å². The van der Waals surface area contributed by atoms with E-state index in [0.29, 0.717) is 6.04 Å². The fraction of sp³-hybridized carbons (Fsp3) is 1.00. The minimum Gasteiger partial charge on any atom is -0.311 e. The van der Waals surface area contributed by atoms with Gasteiger partial charge in [-0.2, -0.15) is 0 Å². The fourth-order valence-electron chi connectivity index (χ4n) is 3.10. The average Bonchev–Trinajstić information content (AvgIpc) is 2.32. The molecule has 1 aliphatic heterocycles. The van der Waals surface area contributed by atoms with E-state index in [1.165, 1.54) is 45.1 Å². The van der Waals surface area contributed by atoms with Gasteiger partial charge in [-0.05, 0) is 39.7 Å². The Morgan fingerprint density at radius 2 is 1.94 bits per heavy atom. The van der Waals surface area contributed by atoms with Crippen LogP contribution in [0.15, 0.2) is 0 Å². The topological polar surface area (TPSA) is 15.3 Å². The van der Waals surface area contributed by atoms with E-state index in [-0.39, 0.29) is 0 Å². The molecule has 108 valence electrons. The number of likely N-dealkylation sites (tertiary alicyclic amines) is 1. The minimum atomic E-state index is 0.685. The third kappa shape index (κ3) is 5.27. The highest BCUT2D eigenvalue weighted by molar-refractivity contribution is 4.87. The molecular weight excluding hydrogens is 220 g/mol. The van der Waals surface area contributed by atoms with Crippen molar-refractivity contribution in [2.45, 2.75) is 84.3 Å². The molecule has 0 aromatic rings. The van der Waals surface area contributed by atoms with E-state index in [4.69, 9.17) is 0 Å². The van der Waals surface area contributed by atoms with Crippen LogP contribution in [-0.2, 0) is 0 Å². The minimum absolute atomic E-state index is 0.685. The monoisotopic (exact) mass is 254 g/mol. The van der Waals surface area contributed by atoms with E-state index in [0.717, 1.165) is 18.0 Å². The maximum atomic E-state index is 3.87. The van der Waals surface area contributed by atoms with Crippen molar-refractivity contribution in [3.63, 3.8) is 0 Å². The number of hydrogen-bond acceptors (Lipinski definition) is 2. The van der Waals surface area contributed by atoms with Crippen LogP contribution in [0.1, 0.15) is 66.2 Å². The maximum absolute atomic E-state index is 3.87. The summed E-state index contributed by atoms with van der Waals surface area (Å²) < 4.78 is 0. The van der Waals surface area contributed by atoms with Gasteiger partial charge in [0.2, 0.25) is 0 Å². The summed E-state index contributed by atoms with van der Waals surface area (Å²) in [5.41, 5.74) is 0. The second-order valence-corrected chi connectivity index (χ2v) is 6.53. The molecule has 0 bridgehead atoms. The molecule has 4 unspecified atom stereocenters. The molecule has 0 aromatic carbocycles. The Bertz CT molecular complexity index is 217. The smallest absolute Gasteiger partial charge is 0.0122 e. The highest BCUT2D eigenvalue weighted by Gasteiger charge is 2.29. The van der Waals surface area contributed by atoms with Gasteiger partial charge in [0.15, 0.2) is 0 Å². The Hall–Kier alpha value is -0.0800. The van der Waals surface area contributed by atoms with Crippen LogP contribution in [0.4, 0.5) is 0 Å². The van der Waals surface area contributed by atoms with Crippen molar-refractivity contribution < 1.29 is 0 Å². The van der Waals surface area contributed by atoms with E-state index in [1.807, 2.05) is 0 Å². The van der Waals surface area contributed by atoms with Crippen molar-refractivity contribution in [3.8, 4) is 0 Å². The summed E-state index contributed by atoms with van der Waals surface area (Å²) in [6, 6.07) is 2.13. The zero-order valence-corrected chi connectivity index (χ0v) is 13.2. The molecule has 1 heterocycles. The van der Waals surface area contributed by atoms with Crippen LogP contribution >= 0.6 is 0 Å². The summed E-state index contributed by atoms with van der Waals surface area (Å²) in [5, 5.41) is 3.87. The molecule has 0 amide bonds. The number of nitrogens with one attached hydrogen (secondary N) is 1. The summed E-state index contributed by atoms with van der Waals surface area (Å²) in [4.78, 5) is 2.49. The van der Waals surface area contributed by atoms with Gasteiger partial charge in [-0.1, -0.05) is 39.5 Å². The first-order valence-electron chi connectivity index (χ1n) is 8.00. The Morgan fingerprint density at radius 1 is 1.22 bits per heavy atom. The normalized spacial score (nSPS) is 31.5. The summed E-state index contributed by atoms with van der Waals surface area (Å²) >= 11 is 0. The summed E-state index contributed by atoms with van der Waals surface area (Å²) in [7, 11) is 2.26. The van der Waals surface area contributed by atoms with Crippen molar-refractivity contribution in [3.05, 3.63) is 0 Å². The first kappa shape index (κ1) is 16.0. The van der Waals surface area contributed by atoms with Gasteiger partial charge in [0, 0.05) is 24.7 Å². The Labute approximate surface area is 115 Å². The van der Waals surface area contributed by atoms with Crippen LogP contribution in [-0.4, -0.2) is 36.6 Å². The lowest BCUT2D eigenvalue weighted by atomic mass is 9.89. The second-order valence-electron chi connectivity index (χ2n) is 6.53. The molecule has 1 saturated heterocycles. The van der Waals surface area contributed by atoms with Gasteiger partial charge in [0.25, 0.3) is 0 Å². The predicted octanol–water partition coefficient (Wildman–Crippen LogP) is 3.66. The van der Waals surface area contributed by atoms with Crippen molar-refractivity contribution >= 4 is 0 Å². The van der Waals surface area contributed by atoms with Gasteiger partial charge in [-0.25, -0.2) is 0 Å². The van der Waals surface area contributed by atoms with Crippen molar-refractivity contribution in [2.24, 2.45) is 5.92 Å². The van der Waals surface area contributed by atoms with E-state index >= 15 is 0 Å². The molecular formula is C16H34N2. The third-order valence-corrected chi connectivity index (χ3v) is 4.60. The van der Waals surface area contributed by atoms with Gasteiger partial charge in [0.05, 0.1) is 0 Å². The second kappa shape index (κ2) is 8.16. The summed E-state index contributed by atoms with van der Waals surface area (Å²) in [5.74, 6) is 0.782. The highest BCUT2D eigenvalue weighted by Crippen LogP contribution is 2.21. The highest BCUT2D eigenvalue weighted by atomic mass is 15.2. The molecule has 18 heavy (non-hydrogen) atoms. The largest absolute Gasteiger partial charge is 0.311 e. The van der Waals surface area contributed by atoms with Gasteiger partial charge >= 0.3 is 0 Å². The van der Waals surface area contributed by atoms with Crippen LogP contribution in [0.2, 0.25) is 0 Å². The van der Waals surface area contributed by atoms with E-state index in [9.17, 15) is 0 Å². The molecule has 1 rings (SSSR count). The first-order chi connectivity index (χ1) is 8.54. The maximum Gasteiger partial charge on any atom is 0.0122 e. The van der Waals surface area contributed by atoms with Gasteiger partial charge < -0.3 is 10.2 Å². The Kier molecular flexibility index (Phi) is 7.25. The van der Waals surface area contributed by atoms with Crippen molar-refractivity contribution in [1.82, 2.24) is 10.2 Å². The van der Waals surface area contributed by atoms with Crippen LogP contribution in [0.25, 0.3) is 0 Å². The summed E-state index contributed by atoms with van der Waals surface area (Å²) in [6.45, 7) is 10.6. The van der Waals surface area contributed by atoms with E-state index in [2.05, 4.69) is 45.0 Å². The van der Waals surface area contributed by atoms with Crippen molar-refractivity contribution in [1.29, 1.82) is 0 Å². The Morgan fingerprint density at radius 3 is 2.61 bits per heavy atom. The number of nitrogens with zero attached hydrogens (tertiary/aromatic N) is 1. The molecule has 0 aromatic heterocycles. The molecule has 2 heteroatoms. The SMILES string of the molecule is CCCCCCC(C)NC1CC(C)N(C)CC1C. The van der Waals surface area contributed by atoms with Crippen LogP contribution in [0.3, 0.4) is 0 Å². The molecule has 0 saturated carbocycles. The molecule has 0 radical (unpaired) electrons. The van der Waals surface area contributed by atoms with E-state index in [1.54, 1.807) is 0 Å². The standard InChI is InChI=1S/C16H34N2/c1-6-7-8-9-10-14(3)17-16-11-15(4)18(5)12-13(16)2/h13-17H,6-12H2,1-5H3. The number of unbranched alkanes of at least 4 members (excludes halogenated alkanes) is 3. The fourth-order valence-corrected chi connectivity index (χ4v) is 3.10. The third-order valence-electron chi connectivity index (χ3n) is 4.60. The lowest BCUT2D eigenvalue weighted by molar-refractivity contribution is 0.115. The lowest BCUT2D eigenvalue weighted by Gasteiger charge is -2.41. The summed E-state index contributed by atoms with van der Waals surface area (Å²) in [6.07, 6.45) is 8.17. The zero-order chi connectivity index (χ0) is 13.5. The number of hydrogen-bond donors (Lipinski definition) is 1. The van der Waals surface area contributed by atoms with Gasteiger partial charge in [-0.15, -0.1) is 0 Å². The number of piperidine rings is 1. The van der Waals surface area contributed by atoms with Crippen molar-refractivity contribution in [2.75, 3.05) is 13.6 Å². The van der Waals surface area contributed by atoms with E-state index < -0.39 is 0 Å². The number of rotatable bonds is 7. The van der Waals surface area contributed by atoms with Gasteiger partial charge in [-0.3, -0.25) is 0 Å². The Balaban J connectivity index is 2.24. The predicted molar refractivity (Wildman–Crippen MR) is 81.0 cm³/mol. The molecule has 4 atom stereocenters. The van der Waals surface area contributed by atoms with Crippen LogP contribution < -0.4 is 5.32 Å². The lowest BCUT2D eigenvalue weighted by Crippen LogP contribution is -2.52. The average molecular weight is 254 g/mol. The molecule has 0 spiro atoms. The first-order valence-corrected chi connectivity index (χ1v) is 8.00.